The fraction of sp³-hybridized carbons (Fsp3) is 0.250. The maximum atomic E-state index is 11.5. The van der Waals surface area contributed by atoms with Gasteiger partial charge in [0.15, 0.2) is 9.84 Å². The molecular formula is C16H20N2O2S. The molecule has 0 spiro atoms. The Balaban J connectivity index is 2.33. The van der Waals surface area contributed by atoms with Gasteiger partial charge in [0.25, 0.3) is 0 Å². The molecule has 5 heteroatoms. The third-order valence-electron chi connectivity index (χ3n) is 3.26. The monoisotopic (exact) mass is 304 g/mol. The lowest BCUT2D eigenvalue weighted by molar-refractivity contribution is 0.602. The molecule has 0 unspecified atom stereocenters. The van der Waals surface area contributed by atoms with Gasteiger partial charge in [-0.25, -0.2) is 8.42 Å². The summed E-state index contributed by atoms with van der Waals surface area (Å²) in [6.45, 7) is 2.13. The summed E-state index contributed by atoms with van der Waals surface area (Å²) in [4.78, 5) is 0.229. The molecule has 0 aliphatic heterocycles. The Morgan fingerprint density at radius 2 is 1.81 bits per heavy atom. The number of nitrogens with one attached hydrogen (secondary N) is 1. The third-order valence-corrected chi connectivity index (χ3v) is 4.37. The van der Waals surface area contributed by atoms with Crippen molar-refractivity contribution in [1.29, 1.82) is 0 Å². The minimum absolute atomic E-state index is 0.229. The summed E-state index contributed by atoms with van der Waals surface area (Å²) < 4.78 is 23.0. The molecule has 0 atom stereocenters. The molecule has 0 amide bonds. The van der Waals surface area contributed by atoms with Crippen LogP contribution in [0.3, 0.4) is 0 Å². The minimum Gasteiger partial charge on any atom is -0.397 e. The van der Waals surface area contributed by atoms with Crippen molar-refractivity contribution in [2.24, 2.45) is 0 Å². The first-order chi connectivity index (χ1) is 9.91. The van der Waals surface area contributed by atoms with Crippen molar-refractivity contribution in [3.63, 3.8) is 0 Å². The van der Waals surface area contributed by atoms with Crippen molar-refractivity contribution in [3.8, 4) is 0 Å². The molecule has 112 valence electrons. The third kappa shape index (κ3) is 3.76. The van der Waals surface area contributed by atoms with Crippen LogP contribution in [0.2, 0.25) is 0 Å². The number of para-hydroxylation sites is 1. The number of aryl methyl sites for hydroxylation is 1. The fourth-order valence-electron chi connectivity index (χ4n) is 2.16. The second-order valence-corrected chi connectivity index (χ2v) is 7.07. The Morgan fingerprint density at radius 1 is 1.10 bits per heavy atom. The van der Waals surface area contributed by atoms with Gasteiger partial charge in [-0.3, -0.25) is 0 Å². The van der Waals surface area contributed by atoms with Crippen LogP contribution in [0.5, 0.6) is 0 Å². The first-order valence-corrected chi connectivity index (χ1v) is 8.75. The van der Waals surface area contributed by atoms with Crippen LogP contribution in [0.1, 0.15) is 18.9 Å². The van der Waals surface area contributed by atoms with E-state index in [-0.39, 0.29) is 4.90 Å². The summed E-state index contributed by atoms with van der Waals surface area (Å²) in [7, 11) is -3.24. The van der Waals surface area contributed by atoms with Crippen LogP contribution in [-0.4, -0.2) is 14.7 Å². The summed E-state index contributed by atoms with van der Waals surface area (Å²) >= 11 is 0. The molecule has 0 saturated carbocycles. The van der Waals surface area contributed by atoms with E-state index in [1.807, 2.05) is 18.2 Å². The summed E-state index contributed by atoms with van der Waals surface area (Å²) in [6.07, 6.45) is 3.21. The first kappa shape index (κ1) is 15.4. The Kier molecular flexibility index (Phi) is 4.53. The van der Waals surface area contributed by atoms with Gasteiger partial charge in [-0.1, -0.05) is 31.5 Å². The molecule has 0 fully saturated rings. The number of nitrogens with two attached hydrogens (primary N) is 1. The zero-order chi connectivity index (χ0) is 15.5. The van der Waals surface area contributed by atoms with Crippen LogP contribution in [0.4, 0.5) is 17.1 Å². The van der Waals surface area contributed by atoms with Gasteiger partial charge in [0.1, 0.15) is 0 Å². The number of benzene rings is 2. The van der Waals surface area contributed by atoms with Gasteiger partial charge in [-0.05, 0) is 36.2 Å². The van der Waals surface area contributed by atoms with Gasteiger partial charge in [-0.15, -0.1) is 0 Å². The molecule has 2 rings (SSSR count). The van der Waals surface area contributed by atoms with E-state index in [1.54, 1.807) is 12.1 Å². The fourth-order valence-corrected chi connectivity index (χ4v) is 2.82. The van der Waals surface area contributed by atoms with Crippen LogP contribution in [0.25, 0.3) is 0 Å². The molecular weight excluding hydrogens is 284 g/mol. The van der Waals surface area contributed by atoms with Crippen molar-refractivity contribution in [3.05, 3.63) is 48.0 Å². The summed E-state index contributed by atoms with van der Waals surface area (Å²) in [5, 5.41) is 3.28. The highest BCUT2D eigenvalue weighted by molar-refractivity contribution is 7.90. The van der Waals surface area contributed by atoms with E-state index in [4.69, 9.17) is 5.73 Å². The second-order valence-electron chi connectivity index (χ2n) is 5.05. The Morgan fingerprint density at radius 3 is 2.43 bits per heavy atom. The van der Waals surface area contributed by atoms with E-state index in [9.17, 15) is 8.42 Å². The minimum atomic E-state index is -3.24. The standard InChI is InChI=1S/C16H20N2O2S/c1-3-6-12-7-4-5-8-15(12)18-16-10-9-13(11-14(16)17)21(2,19)20/h4-5,7-11,18H,3,6,17H2,1-2H3. The van der Waals surface area contributed by atoms with E-state index < -0.39 is 9.84 Å². The zero-order valence-electron chi connectivity index (χ0n) is 12.3. The number of rotatable bonds is 5. The highest BCUT2D eigenvalue weighted by Gasteiger charge is 2.10. The zero-order valence-corrected chi connectivity index (χ0v) is 13.1. The highest BCUT2D eigenvalue weighted by atomic mass is 32.2. The van der Waals surface area contributed by atoms with Crippen molar-refractivity contribution < 1.29 is 8.42 Å². The largest absolute Gasteiger partial charge is 0.397 e. The van der Waals surface area contributed by atoms with Gasteiger partial charge in [-0.2, -0.15) is 0 Å². The van der Waals surface area contributed by atoms with Crippen LogP contribution in [0, 0.1) is 0 Å². The van der Waals surface area contributed by atoms with E-state index in [0.717, 1.165) is 18.5 Å². The number of sulfone groups is 1. The number of hydrogen-bond acceptors (Lipinski definition) is 4. The van der Waals surface area contributed by atoms with Crippen LogP contribution in [-0.2, 0) is 16.3 Å². The van der Waals surface area contributed by atoms with E-state index in [2.05, 4.69) is 18.3 Å². The quantitative estimate of drug-likeness (QED) is 0.831. The molecule has 0 radical (unpaired) electrons. The lowest BCUT2D eigenvalue weighted by Crippen LogP contribution is -2.02. The van der Waals surface area contributed by atoms with Gasteiger partial charge in [0, 0.05) is 11.9 Å². The molecule has 0 saturated heterocycles. The van der Waals surface area contributed by atoms with Crippen LogP contribution in [0.15, 0.2) is 47.4 Å². The van der Waals surface area contributed by atoms with Gasteiger partial charge < -0.3 is 11.1 Å². The molecule has 0 aliphatic carbocycles. The molecule has 0 aliphatic rings. The lowest BCUT2D eigenvalue weighted by Gasteiger charge is -2.14. The Bertz CT molecular complexity index is 740. The second kappa shape index (κ2) is 6.18. The number of hydrogen-bond donors (Lipinski definition) is 2. The number of anilines is 3. The van der Waals surface area contributed by atoms with E-state index >= 15 is 0 Å². The maximum Gasteiger partial charge on any atom is 0.175 e. The maximum absolute atomic E-state index is 11.5. The Labute approximate surface area is 125 Å². The SMILES string of the molecule is CCCc1ccccc1Nc1ccc(S(C)(=O)=O)cc1N. The van der Waals surface area contributed by atoms with Crippen molar-refractivity contribution in [1.82, 2.24) is 0 Å². The predicted octanol–water partition coefficient (Wildman–Crippen LogP) is 3.37. The molecule has 0 bridgehead atoms. The summed E-state index contributed by atoms with van der Waals surface area (Å²) in [5.41, 5.74) is 9.31. The van der Waals surface area contributed by atoms with Crippen LogP contribution >= 0.6 is 0 Å². The summed E-state index contributed by atoms with van der Waals surface area (Å²) in [5.74, 6) is 0. The van der Waals surface area contributed by atoms with Crippen molar-refractivity contribution in [2.75, 3.05) is 17.3 Å². The van der Waals surface area contributed by atoms with Gasteiger partial charge in [0.05, 0.1) is 16.3 Å². The van der Waals surface area contributed by atoms with Crippen molar-refractivity contribution >= 4 is 26.9 Å². The van der Waals surface area contributed by atoms with Gasteiger partial charge in [0.2, 0.25) is 0 Å². The molecule has 2 aromatic rings. The molecule has 3 N–H and O–H groups in total. The average Bonchev–Trinajstić information content (AvgIpc) is 2.42. The van der Waals surface area contributed by atoms with Gasteiger partial charge >= 0.3 is 0 Å². The molecule has 2 aromatic carbocycles. The summed E-state index contributed by atoms with van der Waals surface area (Å²) in [6, 6.07) is 12.8. The normalized spacial score (nSPS) is 11.3. The van der Waals surface area contributed by atoms with E-state index in [0.29, 0.717) is 11.4 Å². The molecule has 0 aromatic heterocycles. The smallest absolute Gasteiger partial charge is 0.175 e. The topological polar surface area (TPSA) is 72.2 Å². The predicted molar refractivity (Wildman–Crippen MR) is 87.7 cm³/mol. The van der Waals surface area contributed by atoms with Crippen LogP contribution < -0.4 is 11.1 Å². The lowest BCUT2D eigenvalue weighted by atomic mass is 10.1. The number of nitrogen functional groups attached to an aromatic ring is 1. The first-order valence-electron chi connectivity index (χ1n) is 6.86. The molecule has 0 heterocycles. The average molecular weight is 304 g/mol. The van der Waals surface area contributed by atoms with E-state index in [1.165, 1.54) is 17.9 Å². The van der Waals surface area contributed by atoms with Crippen molar-refractivity contribution in [2.45, 2.75) is 24.7 Å². The highest BCUT2D eigenvalue weighted by Crippen LogP contribution is 2.28. The molecule has 4 nitrogen and oxygen atoms in total. The molecule has 21 heavy (non-hydrogen) atoms. The Hall–Kier alpha value is -2.01.